The topological polar surface area (TPSA) is 78.7 Å². The maximum Gasteiger partial charge on any atom is 0.573 e. The summed E-state index contributed by atoms with van der Waals surface area (Å²) in [5.41, 5.74) is 2.58. The van der Waals surface area contributed by atoms with Gasteiger partial charge in [-0.1, -0.05) is 53.4 Å². The summed E-state index contributed by atoms with van der Waals surface area (Å²) in [7, 11) is 5.36. The highest BCUT2D eigenvalue weighted by Gasteiger charge is 2.31. The fraction of sp³-hybridized carbons (Fsp3) is 0.250. The molecule has 4 aromatic rings. The molecule has 8 nitrogen and oxygen atoms in total. The van der Waals surface area contributed by atoms with Gasteiger partial charge < -0.3 is 19.1 Å². The molecule has 1 aromatic heterocycles. The summed E-state index contributed by atoms with van der Waals surface area (Å²) in [6.45, 7) is 1.15. The van der Waals surface area contributed by atoms with Crippen LogP contribution in [-0.4, -0.2) is 66.6 Å². The molecular weight excluding hydrogens is 545 g/mol. The molecule has 40 heavy (non-hydrogen) atoms. The molecule has 0 saturated carbocycles. The number of ether oxygens (including phenoxy) is 3. The Bertz CT molecular complexity index is 1410. The van der Waals surface area contributed by atoms with Crippen LogP contribution in [0.1, 0.15) is 16.1 Å². The number of aromatic nitrogens is 3. The highest BCUT2D eigenvalue weighted by molar-refractivity contribution is 7.99. The molecule has 0 saturated heterocycles. The summed E-state index contributed by atoms with van der Waals surface area (Å²) in [6, 6.07) is 20.5. The molecule has 0 bridgehead atoms. The molecule has 0 atom stereocenters. The van der Waals surface area contributed by atoms with Crippen LogP contribution < -0.4 is 9.47 Å². The van der Waals surface area contributed by atoms with Gasteiger partial charge in [0.25, 0.3) is 0 Å². The van der Waals surface area contributed by atoms with Crippen LogP contribution in [0, 0.1) is 0 Å². The molecule has 0 fully saturated rings. The van der Waals surface area contributed by atoms with Crippen LogP contribution in [0.2, 0.25) is 0 Å². The Morgan fingerprint density at radius 3 is 2.10 bits per heavy atom. The summed E-state index contributed by atoms with van der Waals surface area (Å²) in [5, 5.41) is 8.87. The van der Waals surface area contributed by atoms with Gasteiger partial charge in [0.05, 0.1) is 13.7 Å². The van der Waals surface area contributed by atoms with Gasteiger partial charge in [-0.15, -0.1) is 18.3 Å². The molecule has 0 radical (unpaired) electrons. The number of rotatable bonds is 11. The average molecular weight is 573 g/mol. The van der Waals surface area contributed by atoms with E-state index in [0.29, 0.717) is 18.1 Å². The second-order valence-electron chi connectivity index (χ2n) is 8.89. The lowest BCUT2D eigenvalue weighted by molar-refractivity contribution is -0.274. The summed E-state index contributed by atoms with van der Waals surface area (Å²) < 4.78 is 53.6. The number of halogens is 3. The summed E-state index contributed by atoms with van der Waals surface area (Å²) in [4.78, 5) is 15.6. The van der Waals surface area contributed by atoms with E-state index < -0.39 is 12.3 Å². The Morgan fingerprint density at radius 2 is 1.52 bits per heavy atom. The Hall–Kier alpha value is -4.03. The monoisotopic (exact) mass is 572 g/mol. The molecular formula is C28H27F3N4O4S. The highest BCUT2D eigenvalue weighted by atomic mass is 32.2. The molecule has 0 aliphatic carbocycles. The maximum atomic E-state index is 12.9. The first kappa shape index (κ1) is 29.0. The van der Waals surface area contributed by atoms with Crippen molar-refractivity contribution < 1.29 is 32.2 Å². The number of carbonyl (C=O) groups is 1. The van der Waals surface area contributed by atoms with Gasteiger partial charge in [-0.2, -0.15) is 0 Å². The summed E-state index contributed by atoms with van der Waals surface area (Å²) >= 11 is 1.31. The Kier molecular flexibility index (Phi) is 9.33. The van der Waals surface area contributed by atoms with Crippen molar-refractivity contribution in [3.63, 3.8) is 0 Å². The fourth-order valence-electron chi connectivity index (χ4n) is 3.61. The molecule has 0 N–H and O–H groups in total. The van der Waals surface area contributed by atoms with Crippen molar-refractivity contribution in [1.82, 2.24) is 19.9 Å². The Morgan fingerprint density at radius 1 is 0.925 bits per heavy atom. The third kappa shape index (κ3) is 7.99. The third-order valence-electron chi connectivity index (χ3n) is 5.64. The van der Waals surface area contributed by atoms with E-state index in [-0.39, 0.29) is 18.1 Å². The quantitative estimate of drug-likeness (QED) is 0.210. The minimum absolute atomic E-state index is 0.113. The second kappa shape index (κ2) is 12.9. The Labute approximate surface area is 233 Å². The van der Waals surface area contributed by atoms with Crippen LogP contribution in [0.3, 0.4) is 0 Å². The van der Waals surface area contributed by atoms with E-state index in [0.717, 1.165) is 27.3 Å². The van der Waals surface area contributed by atoms with Crippen LogP contribution >= 0.6 is 11.8 Å². The third-order valence-corrected chi connectivity index (χ3v) is 6.74. The van der Waals surface area contributed by atoms with Crippen molar-refractivity contribution in [2.45, 2.75) is 22.8 Å². The van der Waals surface area contributed by atoms with Crippen molar-refractivity contribution in [2.75, 3.05) is 34.4 Å². The fourth-order valence-corrected chi connectivity index (χ4v) is 4.53. The Balaban J connectivity index is 1.55. The minimum atomic E-state index is -4.74. The molecule has 12 heteroatoms. The van der Waals surface area contributed by atoms with E-state index in [1.165, 1.54) is 23.9 Å². The van der Waals surface area contributed by atoms with Crippen LogP contribution in [-0.2, 0) is 11.3 Å². The maximum absolute atomic E-state index is 12.9. The molecule has 0 spiro atoms. The van der Waals surface area contributed by atoms with Gasteiger partial charge in [-0.05, 0) is 67.2 Å². The van der Waals surface area contributed by atoms with Crippen LogP contribution in [0.4, 0.5) is 13.2 Å². The number of esters is 1. The van der Waals surface area contributed by atoms with Gasteiger partial charge in [-0.25, -0.2) is 9.48 Å². The molecule has 4 rings (SSSR count). The van der Waals surface area contributed by atoms with E-state index in [9.17, 15) is 18.0 Å². The zero-order valence-electron chi connectivity index (χ0n) is 22.0. The number of alkyl halides is 3. The second-order valence-corrected chi connectivity index (χ2v) is 9.95. The number of hydrogen-bond donors (Lipinski definition) is 0. The van der Waals surface area contributed by atoms with Crippen LogP contribution in [0.15, 0.2) is 82.7 Å². The van der Waals surface area contributed by atoms with Crippen molar-refractivity contribution in [3.05, 3.63) is 84.1 Å². The SMILES string of the molecule is COc1ccc(Cn2nnc(C(=O)OCCN(C)C)c2Sc2ccc(-c3ccc(OC(F)(F)F)cc3)cc2)cc1. The van der Waals surface area contributed by atoms with Gasteiger partial charge >= 0.3 is 12.3 Å². The van der Waals surface area contributed by atoms with E-state index in [2.05, 4.69) is 15.0 Å². The van der Waals surface area contributed by atoms with Gasteiger partial charge in [0.1, 0.15) is 23.1 Å². The first-order valence-electron chi connectivity index (χ1n) is 12.1. The van der Waals surface area contributed by atoms with Gasteiger partial charge in [-0.3, -0.25) is 0 Å². The number of hydrogen-bond acceptors (Lipinski definition) is 8. The normalized spacial score (nSPS) is 11.5. The van der Waals surface area contributed by atoms with Crippen molar-refractivity contribution in [2.24, 2.45) is 0 Å². The molecule has 0 amide bonds. The number of nitrogens with zero attached hydrogens (tertiary/aromatic N) is 4. The highest BCUT2D eigenvalue weighted by Crippen LogP contribution is 2.33. The van der Waals surface area contributed by atoms with Crippen LogP contribution in [0.5, 0.6) is 11.5 Å². The van der Waals surface area contributed by atoms with E-state index >= 15 is 0 Å². The number of carbonyl (C=O) groups excluding carboxylic acids is 1. The predicted molar refractivity (Wildman–Crippen MR) is 144 cm³/mol. The van der Waals surface area contributed by atoms with E-state index in [1.54, 1.807) is 23.9 Å². The number of benzene rings is 3. The minimum Gasteiger partial charge on any atom is -0.497 e. The predicted octanol–water partition coefficient (Wildman–Crippen LogP) is 5.77. The lowest BCUT2D eigenvalue weighted by atomic mass is 10.1. The van der Waals surface area contributed by atoms with Gasteiger partial charge in [0.15, 0.2) is 0 Å². The first-order valence-corrected chi connectivity index (χ1v) is 13.0. The van der Waals surface area contributed by atoms with Gasteiger partial charge in [0.2, 0.25) is 5.69 Å². The molecule has 210 valence electrons. The molecule has 1 heterocycles. The zero-order chi connectivity index (χ0) is 28.7. The van der Waals surface area contributed by atoms with Crippen molar-refractivity contribution in [1.29, 1.82) is 0 Å². The van der Waals surface area contributed by atoms with Crippen LogP contribution in [0.25, 0.3) is 11.1 Å². The zero-order valence-corrected chi connectivity index (χ0v) is 22.8. The molecule has 0 aliphatic rings. The lowest BCUT2D eigenvalue weighted by Gasteiger charge is -2.11. The van der Waals surface area contributed by atoms with E-state index in [4.69, 9.17) is 9.47 Å². The molecule has 0 unspecified atom stereocenters. The van der Waals surface area contributed by atoms with E-state index in [1.807, 2.05) is 67.5 Å². The largest absolute Gasteiger partial charge is 0.573 e. The first-order chi connectivity index (χ1) is 19.1. The molecule has 0 aliphatic heterocycles. The standard InChI is InChI=1S/C28H27F3N4O4S/c1-34(2)16-17-38-27(36)25-26(35(33-32-25)18-19-4-10-22(37-3)11-5-19)40-24-14-8-21(9-15-24)20-6-12-23(13-7-20)39-28(29,30)31/h4-15H,16-18H2,1-3H3. The molecule has 3 aromatic carbocycles. The lowest BCUT2D eigenvalue weighted by Crippen LogP contribution is -2.20. The smallest absolute Gasteiger partial charge is 0.497 e. The number of methoxy groups -OCH3 is 1. The summed E-state index contributed by atoms with van der Waals surface area (Å²) in [6.07, 6.45) is -4.74. The average Bonchev–Trinajstić information content (AvgIpc) is 3.30. The van der Waals surface area contributed by atoms with Crippen molar-refractivity contribution >= 4 is 17.7 Å². The summed E-state index contributed by atoms with van der Waals surface area (Å²) in [5.74, 6) is -0.126. The van der Waals surface area contributed by atoms with Crippen molar-refractivity contribution in [3.8, 4) is 22.6 Å². The van der Waals surface area contributed by atoms with Gasteiger partial charge in [0, 0.05) is 11.4 Å². The number of likely N-dealkylation sites (N-methyl/N-ethyl adjacent to an activating group) is 1.